The van der Waals surface area contributed by atoms with E-state index in [1.165, 1.54) is 0 Å². The van der Waals surface area contributed by atoms with Crippen LogP contribution < -0.4 is 5.32 Å². The molecule has 0 saturated heterocycles. The monoisotopic (exact) mass is 272 g/mol. The van der Waals surface area contributed by atoms with Gasteiger partial charge in [-0.3, -0.25) is 9.59 Å². The summed E-state index contributed by atoms with van der Waals surface area (Å²) in [5, 5.41) is 11.2. The number of carbonyl (C=O) groups is 2. The molecule has 0 rings (SSSR count). The molecule has 0 bridgehead atoms. The van der Waals surface area contributed by atoms with E-state index in [0.29, 0.717) is 12.6 Å². The van der Waals surface area contributed by atoms with Crippen LogP contribution in [0.1, 0.15) is 52.9 Å². The van der Waals surface area contributed by atoms with Crippen molar-refractivity contribution in [3.05, 3.63) is 0 Å². The van der Waals surface area contributed by atoms with E-state index < -0.39 is 5.97 Å². The third-order valence-corrected chi connectivity index (χ3v) is 3.37. The van der Waals surface area contributed by atoms with E-state index in [9.17, 15) is 9.59 Å². The SMILES string of the molecule is CCN(CC)C(C)CCCCNC(=O)CCC(=O)O. The van der Waals surface area contributed by atoms with Crippen LogP contribution in [0.2, 0.25) is 0 Å². The Hall–Kier alpha value is -1.10. The molecule has 0 aliphatic heterocycles. The van der Waals surface area contributed by atoms with E-state index in [2.05, 4.69) is 31.0 Å². The quantitative estimate of drug-likeness (QED) is 0.563. The van der Waals surface area contributed by atoms with E-state index in [0.717, 1.165) is 32.4 Å². The molecule has 0 aliphatic carbocycles. The van der Waals surface area contributed by atoms with Crippen molar-refractivity contribution < 1.29 is 14.7 Å². The second kappa shape index (κ2) is 10.8. The van der Waals surface area contributed by atoms with Crippen LogP contribution in [0.25, 0.3) is 0 Å². The first-order valence-electron chi connectivity index (χ1n) is 7.23. The fraction of sp³-hybridized carbons (Fsp3) is 0.857. The lowest BCUT2D eigenvalue weighted by atomic mass is 10.1. The standard InChI is InChI=1S/C14H28N2O3/c1-4-16(5-2)12(3)8-6-7-11-15-13(17)9-10-14(18)19/h12H,4-11H2,1-3H3,(H,15,17)(H,18,19). The van der Waals surface area contributed by atoms with Gasteiger partial charge in [-0.1, -0.05) is 20.3 Å². The number of carbonyl (C=O) groups excluding carboxylic acids is 1. The van der Waals surface area contributed by atoms with Gasteiger partial charge in [0, 0.05) is 19.0 Å². The van der Waals surface area contributed by atoms with Gasteiger partial charge in [-0.15, -0.1) is 0 Å². The third kappa shape index (κ3) is 9.47. The largest absolute Gasteiger partial charge is 0.481 e. The predicted octanol–water partition coefficient (Wildman–Crippen LogP) is 1.87. The molecule has 1 unspecified atom stereocenters. The first-order chi connectivity index (χ1) is 9.01. The van der Waals surface area contributed by atoms with Crippen molar-refractivity contribution in [2.45, 2.75) is 58.9 Å². The molecule has 5 nitrogen and oxygen atoms in total. The Kier molecular flexibility index (Phi) is 10.2. The Labute approximate surface area is 116 Å². The van der Waals surface area contributed by atoms with Crippen LogP contribution in [0, 0.1) is 0 Å². The molecule has 0 radical (unpaired) electrons. The number of hydrogen-bond acceptors (Lipinski definition) is 3. The maximum atomic E-state index is 11.3. The fourth-order valence-electron chi connectivity index (χ4n) is 2.13. The molecule has 0 spiro atoms. The summed E-state index contributed by atoms with van der Waals surface area (Å²) in [5.41, 5.74) is 0. The van der Waals surface area contributed by atoms with Crippen molar-refractivity contribution in [1.82, 2.24) is 10.2 Å². The Morgan fingerprint density at radius 3 is 2.32 bits per heavy atom. The highest BCUT2D eigenvalue weighted by atomic mass is 16.4. The summed E-state index contributed by atoms with van der Waals surface area (Å²) in [6, 6.07) is 0.581. The van der Waals surface area contributed by atoms with Gasteiger partial charge in [-0.25, -0.2) is 0 Å². The highest BCUT2D eigenvalue weighted by Gasteiger charge is 2.09. The lowest BCUT2D eigenvalue weighted by Crippen LogP contribution is -2.32. The average Bonchev–Trinajstić information content (AvgIpc) is 2.37. The number of carboxylic acid groups (broad SMARTS) is 1. The Morgan fingerprint density at radius 1 is 1.16 bits per heavy atom. The molecule has 0 aliphatic rings. The maximum Gasteiger partial charge on any atom is 0.303 e. The second-order valence-electron chi connectivity index (χ2n) is 4.81. The maximum absolute atomic E-state index is 11.3. The zero-order valence-corrected chi connectivity index (χ0v) is 12.4. The molecule has 0 aromatic carbocycles. The molecule has 0 saturated carbocycles. The number of rotatable bonds is 11. The zero-order chi connectivity index (χ0) is 14.7. The molecule has 19 heavy (non-hydrogen) atoms. The minimum absolute atomic E-state index is 0.0746. The lowest BCUT2D eigenvalue weighted by molar-refractivity contribution is -0.138. The summed E-state index contributed by atoms with van der Waals surface area (Å²) in [7, 11) is 0. The molecule has 112 valence electrons. The van der Waals surface area contributed by atoms with Crippen LogP contribution in [0.5, 0.6) is 0 Å². The first-order valence-corrected chi connectivity index (χ1v) is 7.23. The Bertz CT molecular complexity index is 265. The second-order valence-corrected chi connectivity index (χ2v) is 4.81. The predicted molar refractivity (Wildman–Crippen MR) is 76.1 cm³/mol. The van der Waals surface area contributed by atoms with Gasteiger partial charge in [-0.2, -0.15) is 0 Å². The van der Waals surface area contributed by atoms with E-state index in [-0.39, 0.29) is 18.7 Å². The molecule has 0 aromatic rings. The molecule has 2 N–H and O–H groups in total. The Balaban J connectivity index is 3.54. The van der Waals surface area contributed by atoms with Crippen molar-refractivity contribution in [3.63, 3.8) is 0 Å². The number of hydrogen-bond donors (Lipinski definition) is 2. The van der Waals surface area contributed by atoms with Gasteiger partial charge >= 0.3 is 5.97 Å². The summed E-state index contributed by atoms with van der Waals surface area (Å²) in [6.45, 7) is 9.36. The summed E-state index contributed by atoms with van der Waals surface area (Å²) in [4.78, 5) is 24.0. The molecular weight excluding hydrogens is 244 g/mol. The zero-order valence-electron chi connectivity index (χ0n) is 12.4. The summed E-state index contributed by atoms with van der Waals surface area (Å²) in [6.07, 6.45) is 3.14. The van der Waals surface area contributed by atoms with Gasteiger partial charge in [0.25, 0.3) is 0 Å². The first kappa shape index (κ1) is 17.9. The van der Waals surface area contributed by atoms with Crippen LogP contribution in [0.15, 0.2) is 0 Å². The van der Waals surface area contributed by atoms with Crippen molar-refractivity contribution in [1.29, 1.82) is 0 Å². The van der Waals surface area contributed by atoms with Gasteiger partial charge in [0.1, 0.15) is 0 Å². The van der Waals surface area contributed by atoms with Crippen LogP contribution in [0.3, 0.4) is 0 Å². The van der Waals surface area contributed by atoms with E-state index in [1.807, 2.05) is 0 Å². The number of nitrogens with one attached hydrogen (secondary N) is 1. The Morgan fingerprint density at radius 2 is 1.79 bits per heavy atom. The molecular formula is C14H28N2O3. The van der Waals surface area contributed by atoms with E-state index in [4.69, 9.17) is 5.11 Å². The number of aliphatic carboxylic acids is 1. The third-order valence-electron chi connectivity index (χ3n) is 3.37. The number of carboxylic acids is 1. The highest BCUT2D eigenvalue weighted by Crippen LogP contribution is 2.07. The topological polar surface area (TPSA) is 69.6 Å². The molecule has 1 atom stereocenters. The van der Waals surface area contributed by atoms with Crippen molar-refractivity contribution in [3.8, 4) is 0 Å². The normalized spacial score (nSPS) is 12.4. The highest BCUT2D eigenvalue weighted by molar-refractivity contribution is 5.80. The smallest absolute Gasteiger partial charge is 0.303 e. The minimum Gasteiger partial charge on any atom is -0.481 e. The lowest BCUT2D eigenvalue weighted by Gasteiger charge is -2.26. The number of amides is 1. The van der Waals surface area contributed by atoms with Gasteiger partial charge in [0.15, 0.2) is 0 Å². The van der Waals surface area contributed by atoms with Gasteiger partial charge in [0.2, 0.25) is 5.91 Å². The van der Waals surface area contributed by atoms with Crippen molar-refractivity contribution >= 4 is 11.9 Å². The number of nitrogens with zero attached hydrogens (tertiary/aromatic N) is 1. The number of unbranched alkanes of at least 4 members (excludes halogenated alkanes) is 1. The fourth-order valence-corrected chi connectivity index (χ4v) is 2.13. The molecule has 1 amide bonds. The molecule has 0 aromatic heterocycles. The molecule has 0 heterocycles. The van der Waals surface area contributed by atoms with E-state index >= 15 is 0 Å². The minimum atomic E-state index is -0.928. The van der Waals surface area contributed by atoms with Gasteiger partial charge in [0.05, 0.1) is 6.42 Å². The van der Waals surface area contributed by atoms with Crippen molar-refractivity contribution in [2.24, 2.45) is 0 Å². The van der Waals surface area contributed by atoms with Gasteiger partial charge in [-0.05, 0) is 32.9 Å². The summed E-state index contributed by atoms with van der Waals surface area (Å²) >= 11 is 0. The van der Waals surface area contributed by atoms with Gasteiger partial charge < -0.3 is 15.3 Å². The summed E-state index contributed by atoms with van der Waals surface area (Å²) < 4.78 is 0. The van der Waals surface area contributed by atoms with E-state index in [1.54, 1.807) is 0 Å². The molecule has 5 heteroatoms. The molecule has 0 fully saturated rings. The van der Waals surface area contributed by atoms with Crippen LogP contribution in [-0.2, 0) is 9.59 Å². The average molecular weight is 272 g/mol. The van der Waals surface area contributed by atoms with Crippen LogP contribution in [-0.4, -0.2) is 47.6 Å². The van der Waals surface area contributed by atoms with Crippen molar-refractivity contribution in [2.75, 3.05) is 19.6 Å². The van der Waals surface area contributed by atoms with Crippen LogP contribution in [0.4, 0.5) is 0 Å². The summed E-state index contributed by atoms with van der Waals surface area (Å²) in [5.74, 6) is -1.10. The van der Waals surface area contributed by atoms with Crippen LogP contribution >= 0.6 is 0 Å².